The summed E-state index contributed by atoms with van der Waals surface area (Å²) in [4.78, 5) is 22.8. The van der Waals surface area contributed by atoms with Crippen LogP contribution >= 0.6 is 0 Å². The number of carboxylic acid groups (broad SMARTS) is 1. The molecule has 19 heavy (non-hydrogen) atoms. The SMILES string of the molecule is CCCNC(CCC(=O)O)C(=O)c1ccc(F)cc1. The zero-order valence-electron chi connectivity index (χ0n) is 10.9. The normalized spacial score (nSPS) is 12.1. The standard InChI is InChI=1S/C14H18FNO3/c1-2-9-16-12(7-8-13(17)18)14(19)10-3-5-11(15)6-4-10/h3-6,12,16H,2,7-9H2,1H3,(H,17,18). The minimum atomic E-state index is -0.935. The fraction of sp³-hybridized carbons (Fsp3) is 0.429. The Bertz CT molecular complexity index is 431. The van der Waals surface area contributed by atoms with Gasteiger partial charge in [-0.05, 0) is 43.7 Å². The number of Topliss-reactive ketones (excluding diaryl/α,β-unsaturated/α-hetero) is 1. The van der Waals surface area contributed by atoms with Gasteiger partial charge in [-0.2, -0.15) is 0 Å². The Hall–Kier alpha value is -1.75. The minimum Gasteiger partial charge on any atom is -0.481 e. The highest BCUT2D eigenvalue weighted by Crippen LogP contribution is 2.10. The van der Waals surface area contributed by atoms with Crippen LogP contribution in [0.4, 0.5) is 4.39 Å². The van der Waals surface area contributed by atoms with Crippen LogP contribution < -0.4 is 5.32 Å². The molecular formula is C14H18FNO3. The van der Waals surface area contributed by atoms with Gasteiger partial charge in [-0.25, -0.2) is 4.39 Å². The number of hydrogen-bond acceptors (Lipinski definition) is 3. The third-order valence-electron chi connectivity index (χ3n) is 2.73. The largest absolute Gasteiger partial charge is 0.481 e. The van der Waals surface area contributed by atoms with Gasteiger partial charge >= 0.3 is 5.97 Å². The van der Waals surface area contributed by atoms with Crippen LogP contribution in [0.3, 0.4) is 0 Å². The summed E-state index contributed by atoms with van der Waals surface area (Å²) in [5.41, 5.74) is 0.389. The van der Waals surface area contributed by atoms with Crippen LogP contribution in [0, 0.1) is 5.82 Å². The molecule has 0 amide bonds. The van der Waals surface area contributed by atoms with Crippen LogP contribution in [-0.4, -0.2) is 29.4 Å². The van der Waals surface area contributed by atoms with Crippen molar-refractivity contribution in [2.75, 3.05) is 6.54 Å². The first-order chi connectivity index (χ1) is 9.04. The van der Waals surface area contributed by atoms with Crippen molar-refractivity contribution >= 4 is 11.8 Å². The molecule has 1 rings (SSSR count). The zero-order chi connectivity index (χ0) is 14.3. The summed E-state index contributed by atoms with van der Waals surface area (Å²) >= 11 is 0. The van der Waals surface area contributed by atoms with Gasteiger partial charge in [0.15, 0.2) is 5.78 Å². The molecule has 0 bridgehead atoms. The van der Waals surface area contributed by atoms with Crippen molar-refractivity contribution in [2.24, 2.45) is 0 Å². The summed E-state index contributed by atoms with van der Waals surface area (Å²) in [7, 11) is 0. The van der Waals surface area contributed by atoms with Crippen molar-refractivity contribution in [3.8, 4) is 0 Å². The van der Waals surface area contributed by atoms with Gasteiger partial charge < -0.3 is 10.4 Å². The number of halogens is 1. The topological polar surface area (TPSA) is 66.4 Å². The van der Waals surface area contributed by atoms with Crippen LogP contribution in [0.1, 0.15) is 36.5 Å². The molecule has 0 saturated heterocycles. The average Bonchev–Trinajstić information content (AvgIpc) is 2.39. The summed E-state index contributed by atoms with van der Waals surface area (Å²) in [5.74, 6) is -1.54. The molecule has 0 spiro atoms. The fourth-order valence-corrected chi connectivity index (χ4v) is 1.73. The Balaban J connectivity index is 2.74. The zero-order valence-corrected chi connectivity index (χ0v) is 10.9. The molecule has 4 nitrogen and oxygen atoms in total. The number of hydrogen-bond donors (Lipinski definition) is 2. The van der Waals surface area contributed by atoms with E-state index in [1.807, 2.05) is 6.92 Å². The molecule has 0 fully saturated rings. The molecule has 0 saturated carbocycles. The van der Waals surface area contributed by atoms with Crippen molar-refractivity contribution in [1.82, 2.24) is 5.32 Å². The first-order valence-corrected chi connectivity index (χ1v) is 6.29. The van der Waals surface area contributed by atoms with Gasteiger partial charge in [-0.15, -0.1) is 0 Å². The van der Waals surface area contributed by atoms with E-state index in [9.17, 15) is 14.0 Å². The third kappa shape index (κ3) is 5.18. The molecule has 0 aliphatic rings. The number of carbonyl (C=O) groups is 2. The van der Waals surface area contributed by atoms with Gasteiger partial charge in [0.25, 0.3) is 0 Å². The van der Waals surface area contributed by atoms with Crippen molar-refractivity contribution < 1.29 is 19.1 Å². The van der Waals surface area contributed by atoms with Gasteiger partial charge in [0.1, 0.15) is 5.82 Å². The highest BCUT2D eigenvalue weighted by Gasteiger charge is 2.20. The molecule has 2 N–H and O–H groups in total. The number of carbonyl (C=O) groups excluding carboxylic acids is 1. The van der Waals surface area contributed by atoms with Crippen LogP contribution in [0.15, 0.2) is 24.3 Å². The lowest BCUT2D eigenvalue weighted by Crippen LogP contribution is -2.37. The molecule has 0 aliphatic carbocycles. The van der Waals surface area contributed by atoms with E-state index in [0.717, 1.165) is 6.42 Å². The molecule has 104 valence electrons. The first-order valence-electron chi connectivity index (χ1n) is 6.29. The van der Waals surface area contributed by atoms with Crippen molar-refractivity contribution in [1.29, 1.82) is 0 Å². The summed E-state index contributed by atoms with van der Waals surface area (Å²) in [5, 5.41) is 11.7. The number of benzene rings is 1. The van der Waals surface area contributed by atoms with E-state index >= 15 is 0 Å². The molecule has 1 aromatic rings. The lowest BCUT2D eigenvalue weighted by atomic mass is 10.00. The Morgan fingerprint density at radius 1 is 1.32 bits per heavy atom. The second-order valence-electron chi connectivity index (χ2n) is 4.31. The predicted octanol–water partition coefficient (Wildman–Crippen LogP) is 2.24. The van der Waals surface area contributed by atoms with E-state index < -0.39 is 17.8 Å². The second kappa shape index (κ2) is 7.63. The summed E-state index contributed by atoms with van der Waals surface area (Å²) in [6, 6.07) is 4.74. The van der Waals surface area contributed by atoms with Crippen LogP contribution in [0.5, 0.6) is 0 Å². The van der Waals surface area contributed by atoms with Crippen molar-refractivity contribution in [2.45, 2.75) is 32.2 Å². The van der Waals surface area contributed by atoms with Crippen LogP contribution in [0.2, 0.25) is 0 Å². The van der Waals surface area contributed by atoms with Gasteiger partial charge in [0.2, 0.25) is 0 Å². The molecule has 1 unspecified atom stereocenters. The number of aliphatic carboxylic acids is 1. The number of ketones is 1. The molecule has 0 heterocycles. The Morgan fingerprint density at radius 2 is 1.95 bits per heavy atom. The lowest BCUT2D eigenvalue weighted by Gasteiger charge is -2.16. The smallest absolute Gasteiger partial charge is 0.303 e. The Kier molecular flexibility index (Phi) is 6.15. The lowest BCUT2D eigenvalue weighted by molar-refractivity contribution is -0.137. The molecule has 5 heteroatoms. The molecule has 0 aliphatic heterocycles. The minimum absolute atomic E-state index is 0.0751. The van der Waals surface area contributed by atoms with Crippen molar-refractivity contribution in [3.05, 3.63) is 35.6 Å². The Labute approximate surface area is 111 Å². The van der Waals surface area contributed by atoms with E-state index in [2.05, 4.69) is 5.32 Å². The number of rotatable bonds is 8. The van der Waals surface area contributed by atoms with Crippen LogP contribution in [0.25, 0.3) is 0 Å². The van der Waals surface area contributed by atoms with E-state index in [1.54, 1.807) is 0 Å². The first kappa shape index (κ1) is 15.3. The second-order valence-corrected chi connectivity index (χ2v) is 4.31. The van der Waals surface area contributed by atoms with Gasteiger partial charge in [0, 0.05) is 12.0 Å². The summed E-state index contributed by atoms with van der Waals surface area (Å²) in [6.45, 7) is 2.60. The maximum Gasteiger partial charge on any atom is 0.303 e. The van der Waals surface area contributed by atoms with Gasteiger partial charge in [-0.1, -0.05) is 6.92 Å². The Morgan fingerprint density at radius 3 is 2.47 bits per heavy atom. The van der Waals surface area contributed by atoms with E-state index in [4.69, 9.17) is 5.11 Å². The molecule has 0 radical (unpaired) electrons. The average molecular weight is 267 g/mol. The van der Waals surface area contributed by atoms with E-state index in [1.165, 1.54) is 24.3 Å². The van der Waals surface area contributed by atoms with Crippen molar-refractivity contribution in [3.63, 3.8) is 0 Å². The van der Waals surface area contributed by atoms with E-state index in [0.29, 0.717) is 12.1 Å². The highest BCUT2D eigenvalue weighted by atomic mass is 19.1. The molecule has 1 atom stereocenters. The van der Waals surface area contributed by atoms with Gasteiger partial charge in [0.05, 0.1) is 6.04 Å². The van der Waals surface area contributed by atoms with Crippen LogP contribution in [-0.2, 0) is 4.79 Å². The number of carboxylic acids is 1. The highest BCUT2D eigenvalue weighted by molar-refractivity contribution is 6.00. The molecule has 1 aromatic carbocycles. The molecular weight excluding hydrogens is 249 g/mol. The summed E-state index contributed by atoms with van der Waals surface area (Å²) in [6.07, 6.45) is 1.00. The number of nitrogens with one attached hydrogen (secondary N) is 1. The monoisotopic (exact) mass is 267 g/mol. The summed E-state index contributed by atoms with van der Waals surface area (Å²) < 4.78 is 12.8. The quantitative estimate of drug-likeness (QED) is 0.709. The fourth-order valence-electron chi connectivity index (χ4n) is 1.73. The maximum absolute atomic E-state index is 12.8. The predicted molar refractivity (Wildman–Crippen MR) is 69.7 cm³/mol. The van der Waals surface area contributed by atoms with Gasteiger partial charge in [-0.3, -0.25) is 9.59 Å². The third-order valence-corrected chi connectivity index (χ3v) is 2.73. The maximum atomic E-state index is 12.8. The molecule has 0 aromatic heterocycles. The van der Waals surface area contributed by atoms with E-state index in [-0.39, 0.29) is 18.6 Å².